The quantitative estimate of drug-likeness (QED) is 0.382. The van der Waals surface area contributed by atoms with Crippen LogP contribution >= 0.6 is 11.6 Å². The second kappa shape index (κ2) is 9.32. The van der Waals surface area contributed by atoms with Crippen LogP contribution in [-0.2, 0) is 0 Å². The highest BCUT2D eigenvalue weighted by molar-refractivity contribution is 6.36. The Morgan fingerprint density at radius 1 is 1.00 bits per heavy atom. The molecule has 0 aliphatic carbocycles. The minimum Gasteiger partial charge on any atom is -0.367 e. The van der Waals surface area contributed by atoms with E-state index < -0.39 is 0 Å². The van der Waals surface area contributed by atoms with Crippen molar-refractivity contribution in [1.82, 2.24) is 19.5 Å². The first-order chi connectivity index (χ1) is 17.6. The van der Waals surface area contributed by atoms with Gasteiger partial charge in [-0.3, -0.25) is 4.79 Å². The minimum absolute atomic E-state index is 0.0975. The van der Waals surface area contributed by atoms with Gasteiger partial charge in [-0.25, -0.2) is 4.98 Å². The third-order valence-electron chi connectivity index (χ3n) is 6.95. The molecule has 0 bridgehead atoms. The SMILES string of the molecule is Bc1cnn2c(NC3CCN(C(=O)c4cccc5ccccc45)CC3)cc(-c3ccccc3Cl)nc12. The predicted octanol–water partition coefficient (Wildman–Crippen LogP) is 4.18. The summed E-state index contributed by atoms with van der Waals surface area (Å²) in [5, 5.41) is 11.0. The summed E-state index contributed by atoms with van der Waals surface area (Å²) in [7, 11) is 2.01. The molecule has 1 amide bonds. The second-order valence-corrected chi connectivity index (χ2v) is 9.71. The van der Waals surface area contributed by atoms with Gasteiger partial charge >= 0.3 is 0 Å². The van der Waals surface area contributed by atoms with Crippen molar-refractivity contribution in [3.63, 3.8) is 0 Å². The Bertz CT molecular complexity index is 1590. The van der Waals surface area contributed by atoms with Crippen molar-refractivity contribution in [3.8, 4) is 11.3 Å². The molecule has 6 nitrogen and oxygen atoms in total. The number of piperidine rings is 1. The molecule has 3 heterocycles. The van der Waals surface area contributed by atoms with Gasteiger partial charge < -0.3 is 10.2 Å². The number of nitrogens with one attached hydrogen (secondary N) is 1. The van der Waals surface area contributed by atoms with Crippen LogP contribution in [0.2, 0.25) is 5.02 Å². The molecule has 1 fully saturated rings. The van der Waals surface area contributed by atoms with E-state index in [4.69, 9.17) is 16.6 Å². The number of hydrogen-bond acceptors (Lipinski definition) is 4. The van der Waals surface area contributed by atoms with E-state index in [9.17, 15) is 4.79 Å². The Balaban J connectivity index is 1.22. The molecule has 1 aliphatic rings. The lowest BCUT2D eigenvalue weighted by atomic mass is 10.00. The maximum Gasteiger partial charge on any atom is 0.254 e. The Morgan fingerprint density at radius 3 is 2.58 bits per heavy atom. The van der Waals surface area contributed by atoms with Gasteiger partial charge in [0.1, 0.15) is 13.7 Å². The van der Waals surface area contributed by atoms with Crippen LogP contribution in [0, 0.1) is 0 Å². The number of anilines is 1. The fourth-order valence-electron chi connectivity index (χ4n) is 5.00. The summed E-state index contributed by atoms with van der Waals surface area (Å²) in [6.07, 6.45) is 3.53. The largest absolute Gasteiger partial charge is 0.367 e. The molecular formula is C28H25BClN5O. The van der Waals surface area contributed by atoms with Crippen LogP contribution in [-0.4, -0.2) is 52.4 Å². The van der Waals surface area contributed by atoms with Crippen molar-refractivity contribution < 1.29 is 4.79 Å². The third-order valence-corrected chi connectivity index (χ3v) is 7.28. The number of carbonyl (C=O) groups is 1. The van der Waals surface area contributed by atoms with Crippen LogP contribution in [0.15, 0.2) is 79.0 Å². The average molecular weight is 494 g/mol. The summed E-state index contributed by atoms with van der Waals surface area (Å²) in [6.45, 7) is 1.40. The van der Waals surface area contributed by atoms with E-state index in [0.29, 0.717) is 18.1 Å². The molecule has 6 rings (SSSR count). The van der Waals surface area contributed by atoms with Crippen LogP contribution in [0.3, 0.4) is 0 Å². The summed E-state index contributed by atoms with van der Waals surface area (Å²) in [5.41, 5.74) is 4.27. The Kier molecular flexibility index (Phi) is 5.85. The lowest BCUT2D eigenvalue weighted by molar-refractivity contribution is 0.0720. The molecule has 1 aliphatic heterocycles. The molecule has 0 atom stereocenters. The Hall–Kier alpha value is -3.84. The van der Waals surface area contributed by atoms with Gasteiger partial charge in [0.25, 0.3) is 5.91 Å². The molecule has 5 aromatic rings. The molecule has 2 aromatic heterocycles. The molecule has 0 spiro atoms. The monoisotopic (exact) mass is 493 g/mol. The van der Waals surface area contributed by atoms with Crippen molar-refractivity contribution in [3.05, 3.63) is 89.6 Å². The molecule has 0 saturated carbocycles. The smallest absolute Gasteiger partial charge is 0.254 e. The van der Waals surface area contributed by atoms with Gasteiger partial charge in [0.05, 0.1) is 5.69 Å². The molecule has 3 aromatic carbocycles. The maximum absolute atomic E-state index is 13.4. The summed E-state index contributed by atoms with van der Waals surface area (Å²) in [6, 6.07) is 24.0. The van der Waals surface area contributed by atoms with Crippen LogP contribution in [0.4, 0.5) is 5.82 Å². The Labute approximate surface area is 215 Å². The van der Waals surface area contributed by atoms with Gasteiger partial charge in [0, 0.05) is 47.5 Å². The van der Waals surface area contributed by atoms with Gasteiger partial charge in [-0.15, -0.1) is 0 Å². The van der Waals surface area contributed by atoms with Crippen LogP contribution in [0.5, 0.6) is 0 Å². The van der Waals surface area contributed by atoms with E-state index in [0.717, 1.165) is 57.4 Å². The lowest BCUT2D eigenvalue weighted by Crippen LogP contribution is -2.42. The normalized spacial score (nSPS) is 14.4. The predicted molar refractivity (Wildman–Crippen MR) is 148 cm³/mol. The zero-order valence-corrected chi connectivity index (χ0v) is 20.7. The third kappa shape index (κ3) is 4.09. The van der Waals surface area contributed by atoms with Crippen molar-refractivity contribution in [2.75, 3.05) is 18.4 Å². The van der Waals surface area contributed by atoms with Gasteiger partial charge in [-0.2, -0.15) is 9.61 Å². The highest BCUT2D eigenvalue weighted by Gasteiger charge is 2.25. The molecule has 0 radical (unpaired) electrons. The Morgan fingerprint density at radius 2 is 1.75 bits per heavy atom. The highest BCUT2D eigenvalue weighted by atomic mass is 35.5. The summed E-state index contributed by atoms with van der Waals surface area (Å²) in [5.74, 6) is 0.974. The summed E-state index contributed by atoms with van der Waals surface area (Å²) < 4.78 is 1.85. The number of benzene rings is 3. The maximum atomic E-state index is 13.4. The lowest BCUT2D eigenvalue weighted by Gasteiger charge is -2.33. The fraction of sp³-hybridized carbons (Fsp3) is 0.179. The van der Waals surface area contributed by atoms with Gasteiger partial charge in [0.15, 0.2) is 5.65 Å². The molecule has 36 heavy (non-hydrogen) atoms. The van der Waals surface area contributed by atoms with Gasteiger partial charge in [0.2, 0.25) is 0 Å². The van der Waals surface area contributed by atoms with Crippen LogP contribution in [0.1, 0.15) is 23.2 Å². The molecule has 8 heteroatoms. The number of likely N-dealkylation sites (tertiary alicyclic amines) is 1. The van der Waals surface area contributed by atoms with Crippen LogP contribution in [0.25, 0.3) is 27.7 Å². The van der Waals surface area contributed by atoms with Crippen LogP contribution < -0.4 is 10.8 Å². The summed E-state index contributed by atoms with van der Waals surface area (Å²) in [4.78, 5) is 20.2. The van der Waals surface area contributed by atoms with Crippen molar-refractivity contribution in [1.29, 1.82) is 0 Å². The van der Waals surface area contributed by atoms with E-state index in [-0.39, 0.29) is 11.9 Å². The van der Waals surface area contributed by atoms with E-state index in [2.05, 4.69) is 10.4 Å². The van der Waals surface area contributed by atoms with E-state index >= 15 is 0 Å². The van der Waals surface area contributed by atoms with E-state index in [1.54, 1.807) is 0 Å². The standard InChI is InChI=1S/C28H25BClN5O/c29-23-17-31-35-26(16-25(33-27(23)35)22-9-3-4-11-24(22)30)32-19-12-14-34(15-13-19)28(36)21-10-5-7-18-6-1-2-8-20(18)21/h1-11,16-17,19,32H,12-15,29H2. The summed E-state index contributed by atoms with van der Waals surface area (Å²) >= 11 is 6.48. The van der Waals surface area contributed by atoms with Crippen molar-refractivity contribution in [2.24, 2.45) is 0 Å². The fourth-order valence-corrected chi connectivity index (χ4v) is 5.23. The first kappa shape index (κ1) is 22.6. The first-order valence-electron chi connectivity index (χ1n) is 12.2. The van der Waals surface area contributed by atoms with Crippen molar-refractivity contribution >= 4 is 53.1 Å². The topological polar surface area (TPSA) is 62.5 Å². The number of hydrogen-bond donors (Lipinski definition) is 1. The number of rotatable bonds is 4. The second-order valence-electron chi connectivity index (χ2n) is 9.31. The zero-order chi connectivity index (χ0) is 24.6. The average Bonchev–Trinajstić information content (AvgIpc) is 3.29. The number of aromatic nitrogens is 3. The molecule has 0 unspecified atom stereocenters. The number of halogens is 1. The van der Waals surface area contributed by atoms with Crippen molar-refractivity contribution in [2.45, 2.75) is 18.9 Å². The van der Waals surface area contributed by atoms with E-state index in [1.807, 2.05) is 96.3 Å². The first-order valence-corrected chi connectivity index (χ1v) is 12.6. The highest BCUT2D eigenvalue weighted by Crippen LogP contribution is 2.29. The van der Waals surface area contributed by atoms with E-state index in [1.165, 1.54) is 0 Å². The molecule has 1 N–H and O–H groups in total. The molecule has 1 saturated heterocycles. The number of carbonyl (C=O) groups excluding carboxylic acids is 1. The molecule has 178 valence electrons. The number of fused-ring (bicyclic) bond motifs is 2. The zero-order valence-electron chi connectivity index (χ0n) is 20.0. The molecular weight excluding hydrogens is 469 g/mol. The number of amides is 1. The van der Waals surface area contributed by atoms with Gasteiger partial charge in [-0.1, -0.05) is 66.2 Å². The van der Waals surface area contributed by atoms with Gasteiger partial charge in [-0.05, 0) is 41.2 Å². The number of nitrogens with zero attached hydrogens (tertiary/aromatic N) is 4. The minimum atomic E-state index is 0.0975.